The molecule has 1 aliphatic rings. The van der Waals surface area contributed by atoms with Gasteiger partial charge in [-0.1, -0.05) is 0 Å². The highest BCUT2D eigenvalue weighted by molar-refractivity contribution is 5.65. The van der Waals surface area contributed by atoms with Crippen LogP contribution in [0.15, 0.2) is 0 Å². The maximum atomic E-state index is 10.5. The normalized spacial score (nSPS) is 20.8. The first kappa shape index (κ1) is 8.49. The minimum absolute atomic E-state index is 0.230. The summed E-state index contributed by atoms with van der Waals surface area (Å²) < 4.78 is 0. The van der Waals surface area contributed by atoms with E-state index in [1.807, 2.05) is 0 Å². The summed E-state index contributed by atoms with van der Waals surface area (Å²) in [5.74, 6) is -0.230. The van der Waals surface area contributed by atoms with E-state index in [1.165, 1.54) is 6.92 Å². The first-order chi connectivity index (χ1) is 5.29. The van der Waals surface area contributed by atoms with Crippen LogP contribution in [0.4, 0.5) is 0 Å². The standard InChI is InChI=1S/C7H14N2O2/c1-7(10)11-9-5-2-3-8-4-6-9/h8H,2-6H2,1H3. The molecule has 0 amide bonds. The predicted octanol–water partition coefficient (Wildman–Crippen LogP) is -0.240. The van der Waals surface area contributed by atoms with Crippen molar-refractivity contribution in [1.82, 2.24) is 10.4 Å². The Balaban J connectivity index is 2.25. The highest BCUT2D eigenvalue weighted by Crippen LogP contribution is 1.95. The van der Waals surface area contributed by atoms with E-state index in [2.05, 4.69) is 5.32 Å². The number of hydroxylamine groups is 2. The SMILES string of the molecule is CC(=O)ON1CCCNCC1. The molecule has 0 aliphatic carbocycles. The maximum Gasteiger partial charge on any atom is 0.322 e. The Bertz CT molecular complexity index is 130. The van der Waals surface area contributed by atoms with Gasteiger partial charge in [-0.15, -0.1) is 5.06 Å². The van der Waals surface area contributed by atoms with Gasteiger partial charge in [0, 0.05) is 26.6 Å². The van der Waals surface area contributed by atoms with Crippen molar-refractivity contribution in [2.24, 2.45) is 0 Å². The molecule has 0 radical (unpaired) electrons. The van der Waals surface area contributed by atoms with Gasteiger partial charge in [-0.05, 0) is 13.0 Å². The van der Waals surface area contributed by atoms with E-state index >= 15 is 0 Å². The Morgan fingerprint density at radius 1 is 1.45 bits per heavy atom. The van der Waals surface area contributed by atoms with Crippen molar-refractivity contribution in [3.05, 3.63) is 0 Å². The molecule has 1 heterocycles. The minimum Gasteiger partial charge on any atom is -0.368 e. The van der Waals surface area contributed by atoms with E-state index in [0.717, 1.165) is 32.6 Å². The third kappa shape index (κ3) is 3.34. The van der Waals surface area contributed by atoms with Crippen LogP contribution in [-0.2, 0) is 9.63 Å². The lowest BCUT2D eigenvalue weighted by Crippen LogP contribution is -2.30. The zero-order chi connectivity index (χ0) is 8.10. The van der Waals surface area contributed by atoms with Crippen molar-refractivity contribution in [1.29, 1.82) is 0 Å². The number of rotatable bonds is 1. The van der Waals surface area contributed by atoms with Gasteiger partial charge in [0.2, 0.25) is 0 Å². The van der Waals surface area contributed by atoms with Gasteiger partial charge in [0.15, 0.2) is 0 Å². The summed E-state index contributed by atoms with van der Waals surface area (Å²) in [6, 6.07) is 0. The first-order valence-corrected chi connectivity index (χ1v) is 3.93. The fourth-order valence-electron chi connectivity index (χ4n) is 1.09. The average Bonchev–Trinajstić information content (AvgIpc) is 2.14. The van der Waals surface area contributed by atoms with Crippen molar-refractivity contribution >= 4 is 5.97 Å². The molecule has 0 bridgehead atoms. The molecule has 0 aromatic carbocycles. The average molecular weight is 158 g/mol. The molecule has 1 fully saturated rings. The second-order valence-electron chi connectivity index (χ2n) is 2.62. The Morgan fingerprint density at radius 3 is 3.00 bits per heavy atom. The second-order valence-corrected chi connectivity index (χ2v) is 2.62. The molecule has 4 nitrogen and oxygen atoms in total. The van der Waals surface area contributed by atoms with Crippen LogP contribution in [0.25, 0.3) is 0 Å². The first-order valence-electron chi connectivity index (χ1n) is 3.93. The molecule has 11 heavy (non-hydrogen) atoms. The van der Waals surface area contributed by atoms with E-state index in [-0.39, 0.29) is 5.97 Å². The summed E-state index contributed by atoms with van der Waals surface area (Å²) in [5, 5.41) is 4.93. The van der Waals surface area contributed by atoms with E-state index in [4.69, 9.17) is 4.84 Å². The molecule has 4 heteroatoms. The lowest BCUT2D eigenvalue weighted by molar-refractivity contribution is -0.186. The van der Waals surface area contributed by atoms with Crippen LogP contribution in [0.5, 0.6) is 0 Å². The Morgan fingerprint density at radius 2 is 2.27 bits per heavy atom. The third-order valence-electron chi connectivity index (χ3n) is 1.56. The van der Waals surface area contributed by atoms with Gasteiger partial charge in [0.1, 0.15) is 0 Å². The number of hydrogen-bond acceptors (Lipinski definition) is 4. The fourth-order valence-corrected chi connectivity index (χ4v) is 1.09. The smallest absolute Gasteiger partial charge is 0.322 e. The highest BCUT2D eigenvalue weighted by atomic mass is 16.7. The molecule has 1 N–H and O–H groups in total. The molecule has 1 aliphatic heterocycles. The number of hydrogen-bond donors (Lipinski definition) is 1. The summed E-state index contributed by atoms with van der Waals surface area (Å²) in [4.78, 5) is 15.5. The van der Waals surface area contributed by atoms with Crippen molar-refractivity contribution in [3.8, 4) is 0 Å². The van der Waals surface area contributed by atoms with E-state index in [1.54, 1.807) is 5.06 Å². The molecule has 64 valence electrons. The summed E-state index contributed by atoms with van der Waals surface area (Å²) in [6.07, 6.45) is 1.03. The van der Waals surface area contributed by atoms with E-state index < -0.39 is 0 Å². The molecule has 1 saturated heterocycles. The van der Waals surface area contributed by atoms with Crippen molar-refractivity contribution < 1.29 is 9.63 Å². The molecule has 1 rings (SSSR count). The summed E-state index contributed by atoms with van der Waals surface area (Å²) in [7, 11) is 0. The van der Waals surface area contributed by atoms with Crippen molar-refractivity contribution in [3.63, 3.8) is 0 Å². The largest absolute Gasteiger partial charge is 0.368 e. The van der Waals surface area contributed by atoms with E-state index in [0.29, 0.717) is 0 Å². The van der Waals surface area contributed by atoms with Gasteiger partial charge in [-0.3, -0.25) is 4.79 Å². The number of nitrogens with one attached hydrogen (secondary N) is 1. The number of carbonyl (C=O) groups is 1. The molecular formula is C7H14N2O2. The molecule has 0 aromatic rings. The van der Waals surface area contributed by atoms with Crippen LogP contribution in [0, 0.1) is 0 Å². The van der Waals surface area contributed by atoms with Gasteiger partial charge in [0.25, 0.3) is 0 Å². The summed E-state index contributed by atoms with van der Waals surface area (Å²) in [5.41, 5.74) is 0. The minimum atomic E-state index is -0.230. The van der Waals surface area contributed by atoms with Gasteiger partial charge in [-0.25, -0.2) is 0 Å². The topological polar surface area (TPSA) is 41.6 Å². The molecular weight excluding hydrogens is 144 g/mol. The van der Waals surface area contributed by atoms with Crippen LogP contribution in [-0.4, -0.2) is 37.2 Å². The van der Waals surface area contributed by atoms with Gasteiger partial charge >= 0.3 is 5.97 Å². The third-order valence-corrected chi connectivity index (χ3v) is 1.56. The monoisotopic (exact) mass is 158 g/mol. The summed E-state index contributed by atoms with van der Waals surface area (Å²) >= 11 is 0. The van der Waals surface area contributed by atoms with Crippen LogP contribution < -0.4 is 5.32 Å². The summed E-state index contributed by atoms with van der Waals surface area (Å²) in [6.45, 7) is 4.97. The van der Waals surface area contributed by atoms with Gasteiger partial charge in [0.05, 0.1) is 0 Å². The van der Waals surface area contributed by atoms with Crippen molar-refractivity contribution in [2.75, 3.05) is 26.2 Å². The van der Waals surface area contributed by atoms with Gasteiger partial charge < -0.3 is 10.2 Å². The fraction of sp³-hybridized carbons (Fsp3) is 0.857. The van der Waals surface area contributed by atoms with E-state index in [9.17, 15) is 4.79 Å². The molecule has 0 atom stereocenters. The van der Waals surface area contributed by atoms with Crippen LogP contribution in [0.3, 0.4) is 0 Å². The quantitative estimate of drug-likeness (QED) is 0.572. The Labute approximate surface area is 66.5 Å². The van der Waals surface area contributed by atoms with Crippen molar-refractivity contribution in [2.45, 2.75) is 13.3 Å². The zero-order valence-corrected chi connectivity index (χ0v) is 6.80. The predicted molar refractivity (Wildman–Crippen MR) is 40.8 cm³/mol. The zero-order valence-electron chi connectivity index (χ0n) is 6.80. The lowest BCUT2D eigenvalue weighted by Gasteiger charge is -2.16. The molecule has 0 aromatic heterocycles. The number of nitrogens with zero attached hydrogens (tertiary/aromatic N) is 1. The number of carbonyl (C=O) groups excluding carboxylic acids is 1. The van der Waals surface area contributed by atoms with Crippen LogP contribution in [0.1, 0.15) is 13.3 Å². The Hall–Kier alpha value is -0.610. The lowest BCUT2D eigenvalue weighted by atomic mass is 10.4. The molecule has 0 saturated carbocycles. The van der Waals surface area contributed by atoms with Crippen LogP contribution >= 0.6 is 0 Å². The maximum absolute atomic E-state index is 10.5. The second kappa shape index (κ2) is 4.31. The Kier molecular flexibility index (Phi) is 3.32. The molecule has 0 unspecified atom stereocenters. The molecule has 0 spiro atoms. The highest BCUT2D eigenvalue weighted by Gasteiger charge is 2.10. The van der Waals surface area contributed by atoms with Gasteiger partial charge in [-0.2, -0.15) is 0 Å². The van der Waals surface area contributed by atoms with Crippen LogP contribution in [0.2, 0.25) is 0 Å².